The maximum Gasteiger partial charge on any atom is 0.327 e. The second-order valence-corrected chi connectivity index (χ2v) is 7.91. The number of aromatic hydroxyl groups is 2. The van der Waals surface area contributed by atoms with E-state index >= 15 is 0 Å². The molecule has 0 bridgehead atoms. The molecule has 0 unspecified atom stereocenters. The number of hydrogen-bond donors (Lipinski definition) is 8. The molecule has 1 rings (SSSR count). The van der Waals surface area contributed by atoms with Crippen molar-refractivity contribution in [1.29, 1.82) is 0 Å². The van der Waals surface area contributed by atoms with Crippen LogP contribution in [0.3, 0.4) is 0 Å². The van der Waals surface area contributed by atoms with Gasteiger partial charge in [-0.25, -0.2) is 4.79 Å². The van der Waals surface area contributed by atoms with Gasteiger partial charge >= 0.3 is 11.9 Å². The number of benzene rings is 1. The van der Waals surface area contributed by atoms with E-state index in [9.17, 15) is 34.5 Å². The smallest absolute Gasteiger partial charge is 0.327 e. The molecule has 0 aliphatic carbocycles. The number of phenols is 2. The molecule has 0 aromatic heterocycles. The third kappa shape index (κ3) is 9.41. The van der Waals surface area contributed by atoms with E-state index in [-0.39, 0.29) is 48.9 Å². The first-order chi connectivity index (χ1) is 15.0. The predicted molar refractivity (Wildman–Crippen MR) is 115 cm³/mol. The highest BCUT2D eigenvalue weighted by molar-refractivity contribution is 7.99. The number of nitrogens with two attached hydrogens (primary N) is 2. The van der Waals surface area contributed by atoms with E-state index < -0.39 is 41.4 Å². The fourth-order valence-corrected chi connectivity index (χ4v) is 3.54. The van der Waals surface area contributed by atoms with Crippen LogP contribution < -0.4 is 22.1 Å². The van der Waals surface area contributed by atoms with Crippen LogP contribution in [0.15, 0.2) is 17.0 Å². The van der Waals surface area contributed by atoms with Crippen molar-refractivity contribution in [3.05, 3.63) is 17.7 Å². The quantitative estimate of drug-likeness (QED) is 0.120. The SMILES string of the molecule is NCCC(=O)NCCc1cc(O)c(O)c(SC[C@H](NC(=O)CC[C@H](N)C(=O)O)C(=O)O)c1. The molecule has 0 heterocycles. The molecule has 2 amide bonds. The standard InChI is InChI=1S/C19H28N4O8S/c20-5-3-15(25)22-6-4-10-7-13(24)17(27)14(8-10)32-9-12(19(30)31)23-16(26)2-1-11(21)18(28)29/h7-8,11-12,24,27H,1-6,9,20-21H2,(H,22,25)(H,23,26)(H,28,29)(H,30,31)/t11-,12-/m0/s1. The van der Waals surface area contributed by atoms with Crippen LogP contribution in [0.4, 0.5) is 0 Å². The lowest BCUT2D eigenvalue weighted by molar-refractivity contribution is -0.141. The highest BCUT2D eigenvalue weighted by Gasteiger charge is 2.22. The Bertz CT molecular complexity index is 836. The molecule has 0 saturated heterocycles. The minimum absolute atomic E-state index is 0.154. The Labute approximate surface area is 188 Å². The summed E-state index contributed by atoms with van der Waals surface area (Å²) in [4.78, 5) is 45.7. The number of thioether (sulfide) groups is 1. The summed E-state index contributed by atoms with van der Waals surface area (Å²) in [7, 11) is 0. The average molecular weight is 473 g/mol. The molecule has 0 fully saturated rings. The topological polar surface area (TPSA) is 225 Å². The Morgan fingerprint density at radius 3 is 2.31 bits per heavy atom. The molecule has 1 aromatic rings. The highest BCUT2D eigenvalue weighted by Crippen LogP contribution is 2.37. The van der Waals surface area contributed by atoms with Crippen molar-refractivity contribution >= 4 is 35.5 Å². The van der Waals surface area contributed by atoms with Crippen molar-refractivity contribution in [1.82, 2.24) is 10.6 Å². The third-order valence-corrected chi connectivity index (χ3v) is 5.38. The van der Waals surface area contributed by atoms with Crippen LogP contribution in [0.5, 0.6) is 11.5 Å². The lowest BCUT2D eigenvalue weighted by atomic mass is 10.1. The fourth-order valence-electron chi connectivity index (χ4n) is 2.49. The number of carbonyl (C=O) groups is 4. The van der Waals surface area contributed by atoms with Gasteiger partial charge in [-0.3, -0.25) is 14.4 Å². The van der Waals surface area contributed by atoms with Crippen molar-refractivity contribution in [2.75, 3.05) is 18.8 Å². The monoisotopic (exact) mass is 472 g/mol. The molecule has 10 N–H and O–H groups in total. The van der Waals surface area contributed by atoms with Gasteiger partial charge in [0.25, 0.3) is 0 Å². The summed E-state index contributed by atoms with van der Waals surface area (Å²) >= 11 is 0.903. The first kappa shape index (κ1) is 27.0. The lowest BCUT2D eigenvalue weighted by Crippen LogP contribution is -2.43. The molecule has 1 aromatic carbocycles. The molecule has 0 aliphatic heterocycles. The molecule has 0 radical (unpaired) electrons. The van der Waals surface area contributed by atoms with Gasteiger partial charge in [0, 0.05) is 31.7 Å². The zero-order chi connectivity index (χ0) is 24.3. The largest absolute Gasteiger partial charge is 0.504 e. The second-order valence-electron chi connectivity index (χ2n) is 6.85. The van der Waals surface area contributed by atoms with Crippen LogP contribution >= 0.6 is 11.8 Å². The molecule has 32 heavy (non-hydrogen) atoms. The summed E-state index contributed by atoms with van der Waals surface area (Å²) in [5.41, 5.74) is 11.2. The van der Waals surface area contributed by atoms with Crippen LogP contribution in [0.1, 0.15) is 24.8 Å². The number of carbonyl (C=O) groups excluding carboxylic acids is 2. The molecule has 178 valence electrons. The van der Waals surface area contributed by atoms with Crippen molar-refractivity contribution in [2.45, 2.75) is 42.7 Å². The van der Waals surface area contributed by atoms with Gasteiger partial charge in [-0.05, 0) is 30.5 Å². The van der Waals surface area contributed by atoms with Crippen LogP contribution in [0, 0.1) is 0 Å². The number of phenolic OH excluding ortho intramolecular Hbond substituents is 2. The number of nitrogens with one attached hydrogen (secondary N) is 2. The van der Waals surface area contributed by atoms with Crippen molar-refractivity contribution in [3.63, 3.8) is 0 Å². The number of rotatable bonds is 14. The van der Waals surface area contributed by atoms with Crippen LogP contribution in [-0.4, -0.2) is 75.1 Å². The van der Waals surface area contributed by atoms with E-state index in [4.69, 9.17) is 16.6 Å². The maximum atomic E-state index is 11.9. The maximum absolute atomic E-state index is 11.9. The third-order valence-electron chi connectivity index (χ3n) is 4.26. The van der Waals surface area contributed by atoms with Gasteiger partial charge in [0.15, 0.2) is 11.5 Å². The van der Waals surface area contributed by atoms with E-state index in [2.05, 4.69) is 10.6 Å². The Morgan fingerprint density at radius 2 is 1.72 bits per heavy atom. The van der Waals surface area contributed by atoms with Gasteiger partial charge < -0.3 is 42.5 Å². The first-order valence-electron chi connectivity index (χ1n) is 9.70. The van der Waals surface area contributed by atoms with Crippen LogP contribution in [0.25, 0.3) is 0 Å². The summed E-state index contributed by atoms with van der Waals surface area (Å²) < 4.78 is 0. The van der Waals surface area contributed by atoms with Gasteiger partial charge in [0.05, 0.1) is 4.90 Å². The average Bonchev–Trinajstić information content (AvgIpc) is 2.72. The van der Waals surface area contributed by atoms with Gasteiger partial charge in [0.1, 0.15) is 12.1 Å². The molecular weight excluding hydrogens is 444 g/mol. The van der Waals surface area contributed by atoms with Gasteiger partial charge in [-0.15, -0.1) is 11.8 Å². The molecule has 0 saturated carbocycles. The summed E-state index contributed by atoms with van der Waals surface area (Å²) in [6.45, 7) is 0.500. The normalized spacial score (nSPS) is 12.6. The summed E-state index contributed by atoms with van der Waals surface area (Å²) in [6, 6.07) is 0.313. The second kappa shape index (κ2) is 13.4. The van der Waals surface area contributed by atoms with Gasteiger partial charge in [-0.1, -0.05) is 0 Å². The molecule has 12 nitrogen and oxygen atoms in total. The van der Waals surface area contributed by atoms with Gasteiger partial charge in [-0.2, -0.15) is 0 Å². The Morgan fingerprint density at radius 1 is 1.03 bits per heavy atom. The predicted octanol–water partition coefficient (Wildman–Crippen LogP) is -1.04. The van der Waals surface area contributed by atoms with Crippen molar-refractivity contribution in [2.24, 2.45) is 11.5 Å². The van der Waals surface area contributed by atoms with E-state index in [0.29, 0.717) is 12.0 Å². The van der Waals surface area contributed by atoms with E-state index in [0.717, 1.165) is 11.8 Å². The number of carboxylic acid groups (broad SMARTS) is 2. The number of aliphatic carboxylic acids is 2. The fraction of sp³-hybridized carbons (Fsp3) is 0.474. The Hall–Kier alpha value is -3.03. The first-order valence-corrected chi connectivity index (χ1v) is 10.7. The summed E-state index contributed by atoms with van der Waals surface area (Å²) in [6.07, 6.45) is 0.117. The minimum atomic E-state index is -1.32. The minimum Gasteiger partial charge on any atom is -0.504 e. The Kier molecular flexibility index (Phi) is 11.3. The number of carboxylic acids is 2. The van der Waals surface area contributed by atoms with Crippen LogP contribution in [-0.2, 0) is 25.6 Å². The molecular formula is C19H28N4O8S. The zero-order valence-electron chi connectivity index (χ0n) is 17.2. The van der Waals surface area contributed by atoms with E-state index in [1.165, 1.54) is 6.07 Å². The van der Waals surface area contributed by atoms with E-state index in [1.54, 1.807) is 6.07 Å². The molecule has 2 atom stereocenters. The molecule has 13 heteroatoms. The molecule has 0 aliphatic rings. The van der Waals surface area contributed by atoms with Crippen LogP contribution in [0.2, 0.25) is 0 Å². The van der Waals surface area contributed by atoms with Crippen molar-refractivity contribution in [3.8, 4) is 11.5 Å². The van der Waals surface area contributed by atoms with Gasteiger partial charge in [0.2, 0.25) is 11.8 Å². The van der Waals surface area contributed by atoms with E-state index in [1.807, 2.05) is 0 Å². The lowest BCUT2D eigenvalue weighted by Gasteiger charge is -2.16. The number of hydrogen-bond acceptors (Lipinski definition) is 9. The van der Waals surface area contributed by atoms with Crippen molar-refractivity contribution < 1.29 is 39.6 Å². The number of amides is 2. The highest BCUT2D eigenvalue weighted by atomic mass is 32.2. The Balaban J connectivity index is 2.72. The molecule has 0 spiro atoms. The zero-order valence-corrected chi connectivity index (χ0v) is 18.1. The summed E-state index contributed by atoms with van der Waals surface area (Å²) in [5, 5.41) is 43.0. The summed E-state index contributed by atoms with van der Waals surface area (Å²) in [5.74, 6) is -4.49.